The lowest BCUT2D eigenvalue weighted by atomic mass is 10.3. The summed E-state index contributed by atoms with van der Waals surface area (Å²) in [4.78, 5) is 20.2. The lowest BCUT2D eigenvalue weighted by Crippen LogP contribution is -1.92. The zero-order chi connectivity index (χ0) is 15.0. The van der Waals surface area contributed by atoms with Crippen LogP contribution in [0.3, 0.4) is 0 Å². The average molecular weight is 322 g/mol. The molecule has 21 heavy (non-hydrogen) atoms. The Balaban J connectivity index is 1.99. The molecular weight excluding hydrogens is 314 g/mol. The van der Waals surface area contributed by atoms with Gasteiger partial charge in [-0.2, -0.15) is 4.98 Å². The number of nitro benzene ring substituents is 1. The molecule has 3 rings (SSSR count). The van der Waals surface area contributed by atoms with Crippen molar-refractivity contribution in [2.24, 2.45) is 0 Å². The minimum Gasteiger partial charge on any atom is -0.438 e. The van der Waals surface area contributed by atoms with Crippen molar-refractivity contribution in [3.05, 3.63) is 50.6 Å². The quantitative estimate of drug-likeness (QED) is 0.407. The predicted octanol–water partition coefficient (Wildman–Crippen LogP) is 4.35. The van der Waals surface area contributed by atoms with Crippen molar-refractivity contribution < 1.29 is 9.66 Å². The highest BCUT2D eigenvalue weighted by Crippen LogP contribution is 2.33. The summed E-state index contributed by atoms with van der Waals surface area (Å²) in [5.41, 5.74) is -0.000375. The maximum Gasteiger partial charge on any atom is 0.269 e. The van der Waals surface area contributed by atoms with E-state index < -0.39 is 4.92 Å². The number of thiophene rings is 1. The molecule has 2 aromatic heterocycles. The highest BCUT2D eigenvalue weighted by molar-refractivity contribution is 7.18. The Morgan fingerprint density at radius 2 is 2.00 bits per heavy atom. The molecule has 0 saturated heterocycles. The molecule has 2 heterocycles. The van der Waals surface area contributed by atoms with E-state index in [2.05, 4.69) is 9.97 Å². The van der Waals surface area contributed by atoms with Gasteiger partial charge in [0.2, 0.25) is 11.2 Å². The zero-order valence-electron chi connectivity index (χ0n) is 10.7. The molecule has 0 saturated carbocycles. The Bertz CT molecular complexity index is 833. The van der Waals surface area contributed by atoms with Gasteiger partial charge in [-0.05, 0) is 36.7 Å². The summed E-state index contributed by atoms with van der Waals surface area (Å²) in [6.45, 7) is 1.95. The number of aryl methyl sites for hydroxylation is 1. The van der Waals surface area contributed by atoms with E-state index in [0.29, 0.717) is 11.6 Å². The molecule has 3 aromatic rings. The van der Waals surface area contributed by atoms with Crippen LogP contribution in [-0.2, 0) is 0 Å². The maximum absolute atomic E-state index is 10.6. The number of hydrogen-bond acceptors (Lipinski definition) is 6. The zero-order valence-corrected chi connectivity index (χ0v) is 12.3. The molecular formula is C13H8ClN3O3S. The normalized spacial score (nSPS) is 10.8. The Labute approximate surface area is 128 Å². The SMILES string of the molecule is Cc1cc2c(Oc3ccc([N+](=O)[O-])cc3)nc(Cl)nc2s1. The van der Waals surface area contributed by atoms with Crippen LogP contribution in [0.2, 0.25) is 5.28 Å². The highest BCUT2D eigenvalue weighted by Gasteiger charge is 2.12. The third-order valence-electron chi connectivity index (χ3n) is 2.72. The molecule has 0 N–H and O–H groups in total. The number of nitrogens with zero attached hydrogens (tertiary/aromatic N) is 3. The fourth-order valence-electron chi connectivity index (χ4n) is 1.82. The standard InChI is InChI=1S/C13H8ClN3O3S/c1-7-6-10-11(15-13(14)16-12(10)21-7)20-9-4-2-8(3-5-9)17(18)19/h2-6H,1H3. The van der Waals surface area contributed by atoms with Gasteiger partial charge in [-0.3, -0.25) is 10.1 Å². The van der Waals surface area contributed by atoms with Crippen LogP contribution < -0.4 is 4.74 Å². The van der Waals surface area contributed by atoms with Crippen LogP contribution in [-0.4, -0.2) is 14.9 Å². The molecule has 0 atom stereocenters. The average Bonchev–Trinajstić information content (AvgIpc) is 2.79. The van der Waals surface area contributed by atoms with Crippen LogP contribution in [0.15, 0.2) is 30.3 Å². The monoisotopic (exact) mass is 321 g/mol. The third kappa shape index (κ3) is 2.79. The number of nitro groups is 1. The van der Waals surface area contributed by atoms with Crippen molar-refractivity contribution >= 4 is 38.8 Å². The predicted molar refractivity (Wildman–Crippen MR) is 80.3 cm³/mol. The third-order valence-corrected chi connectivity index (χ3v) is 3.83. The number of rotatable bonds is 3. The summed E-state index contributed by atoms with van der Waals surface area (Å²) >= 11 is 7.37. The molecule has 0 amide bonds. The van der Waals surface area contributed by atoms with Crippen LogP contribution >= 0.6 is 22.9 Å². The molecule has 0 spiro atoms. The number of benzene rings is 1. The minimum absolute atomic E-state index is 0.000375. The topological polar surface area (TPSA) is 78.2 Å². The lowest BCUT2D eigenvalue weighted by Gasteiger charge is -2.05. The number of non-ortho nitro benzene ring substituents is 1. The molecule has 0 unspecified atom stereocenters. The van der Waals surface area contributed by atoms with Crippen molar-refractivity contribution in [1.82, 2.24) is 9.97 Å². The van der Waals surface area contributed by atoms with E-state index in [0.717, 1.165) is 15.1 Å². The van der Waals surface area contributed by atoms with Crippen molar-refractivity contribution in [3.63, 3.8) is 0 Å². The number of hydrogen-bond donors (Lipinski definition) is 0. The van der Waals surface area contributed by atoms with E-state index in [-0.39, 0.29) is 11.0 Å². The summed E-state index contributed by atoms with van der Waals surface area (Å²) in [7, 11) is 0. The van der Waals surface area contributed by atoms with Gasteiger partial charge in [-0.25, -0.2) is 4.98 Å². The van der Waals surface area contributed by atoms with Crippen LogP contribution in [0.5, 0.6) is 11.6 Å². The van der Waals surface area contributed by atoms with E-state index in [1.54, 1.807) is 0 Å². The molecule has 6 nitrogen and oxygen atoms in total. The number of halogens is 1. The first-order chi connectivity index (χ1) is 10.0. The molecule has 1 aromatic carbocycles. The second-order valence-corrected chi connectivity index (χ2v) is 5.80. The first-order valence-corrected chi connectivity index (χ1v) is 7.08. The van der Waals surface area contributed by atoms with Crippen LogP contribution in [0, 0.1) is 17.0 Å². The van der Waals surface area contributed by atoms with Gasteiger partial charge in [-0.15, -0.1) is 11.3 Å². The smallest absolute Gasteiger partial charge is 0.269 e. The van der Waals surface area contributed by atoms with Crippen LogP contribution in [0.1, 0.15) is 4.88 Å². The Hall–Kier alpha value is -2.25. The highest BCUT2D eigenvalue weighted by atomic mass is 35.5. The van der Waals surface area contributed by atoms with E-state index in [1.807, 2.05) is 13.0 Å². The Morgan fingerprint density at radius 3 is 2.67 bits per heavy atom. The van der Waals surface area contributed by atoms with Crippen molar-refractivity contribution in [3.8, 4) is 11.6 Å². The Morgan fingerprint density at radius 1 is 1.29 bits per heavy atom. The van der Waals surface area contributed by atoms with Crippen LogP contribution in [0.4, 0.5) is 5.69 Å². The summed E-state index contributed by atoms with van der Waals surface area (Å²) in [6, 6.07) is 7.68. The minimum atomic E-state index is -0.466. The number of fused-ring (bicyclic) bond motifs is 1. The van der Waals surface area contributed by atoms with Crippen molar-refractivity contribution in [2.75, 3.05) is 0 Å². The van der Waals surface area contributed by atoms with E-state index >= 15 is 0 Å². The first kappa shape index (κ1) is 13.7. The van der Waals surface area contributed by atoms with Gasteiger partial charge in [0.1, 0.15) is 10.6 Å². The van der Waals surface area contributed by atoms with Crippen molar-refractivity contribution in [1.29, 1.82) is 0 Å². The van der Waals surface area contributed by atoms with Gasteiger partial charge in [-0.1, -0.05) is 0 Å². The van der Waals surface area contributed by atoms with Gasteiger partial charge in [0.05, 0.1) is 10.3 Å². The number of aromatic nitrogens is 2. The summed E-state index contributed by atoms with van der Waals surface area (Å²) < 4.78 is 5.67. The van der Waals surface area contributed by atoms with E-state index in [1.165, 1.54) is 35.6 Å². The second kappa shape index (κ2) is 5.27. The van der Waals surface area contributed by atoms with Crippen molar-refractivity contribution in [2.45, 2.75) is 6.92 Å². The fourth-order valence-corrected chi connectivity index (χ4v) is 2.90. The summed E-state index contributed by atoms with van der Waals surface area (Å²) in [5, 5.41) is 11.5. The summed E-state index contributed by atoms with van der Waals surface area (Å²) in [6.07, 6.45) is 0. The molecule has 0 aliphatic heterocycles. The molecule has 0 radical (unpaired) electrons. The molecule has 0 aliphatic rings. The molecule has 8 heteroatoms. The Kier molecular flexibility index (Phi) is 3.44. The summed E-state index contributed by atoms with van der Waals surface area (Å²) in [5.74, 6) is 0.781. The maximum atomic E-state index is 10.6. The molecule has 106 valence electrons. The van der Waals surface area contributed by atoms with Gasteiger partial charge in [0.25, 0.3) is 5.69 Å². The second-order valence-electron chi connectivity index (χ2n) is 4.23. The van der Waals surface area contributed by atoms with E-state index in [4.69, 9.17) is 16.3 Å². The van der Waals surface area contributed by atoms with Crippen LogP contribution in [0.25, 0.3) is 10.2 Å². The fraction of sp³-hybridized carbons (Fsp3) is 0.0769. The largest absolute Gasteiger partial charge is 0.438 e. The van der Waals surface area contributed by atoms with Gasteiger partial charge < -0.3 is 4.74 Å². The lowest BCUT2D eigenvalue weighted by molar-refractivity contribution is -0.384. The molecule has 0 fully saturated rings. The van der Waals surface area contributed by atoms with Gasteiger partial charge >= 0.3 is 0 Å². The van der Waals surface area contributed by atoms with E-state index in [9.17, 15) is 10.1 Å². The molecule has 0 aliphatic carbocycles. The van der Waals surface area contributed by atoms with Gasteiger partial charge in [0.15, 0.2) is 0 Å². The van der Waals surface area contributed by atoms with Gasteiger partial charge in [0, 0.05) is 17.0 Å². The molecule has 0 bridgehead atoms. The first-order valence-electron chi connectivity index (χ1n) is 5.89. The number of ether oxygens (including phenoxy) is 1.